The van der Waals surface area contributed by atoms with Crippen LogP contribution in [-0.4, -0.2) is 25.7 Å². The van der Waals surface area contributed by atoms with Crippen LogP contribution in [0.5, 0.6) is 0 Å². The molecule has 3 aromatic rings. The second kappa shape index (κ2) is 6.60. The Morgan fingerprint density at radius 2 is 1.52 bits per heavy atom. The van der Waals surface area contributed by atoms with E-state index in [9.17, 15) is 4.79 Å². The van der Waals surface area contributed by atoms with Gasteiger partial charge in [-0.15, -0.1) is 0 Å². The van der Waals surface area contributed by atoms with Gasteiger partial charge >= 0.3 is 0 Å². The third kappa shape index (κ3) is 2.98. The highest BCUT2D eigenvalue weighted by Crippen LogP contribution is 2.29. The molecule has 3 nitrogen and oxygen atoms in total. The molecule has 0 saturated carbocycles. The number of hydrogen-bond donors (Lipinski definition) is 0. The molecule has 1 aliphatic heterocycles. The summed E-state index contributed by atoms with van der Waals surface area (Å²) in [5.41, 5.74) is 2.18. The SMILES string of the molecule is CC1CN(c2cccc3ccccc23)CCN1c1cccccc1=O. The Balaban J connectivity index is 1.63. The smallest absolute Gasteiger partial charge is 0.201 e. The topological polar surface area (TPSA) is 23.6 Å². The molecule has 0 bridgehead atoms. The third-order valence-corrected chi connectivity index (χ3v) is 5.02. The normalized spacial score (nSPS) is 17.7. The summed E-state index contributed by atoms with van der Waals surface area (Å²) >= 11 is 0. The zero-order chi connectivity index (χ0) is 17.2. The average Bonchev–Trinajstić information content (AvgIpc) is 2.85. The monoisotopic (exact) mass is 330 g/mol. The molecule has 0 N–H and O–H groups in total. The van der Waals surface area contributed by atoms with Gasteiger partial charge in [-0.2, -0.15) is 0 Å². The summed E-state index contributed by atoms with van der Waals surface area (Å²) in [7, 11) is 0. The van der Waals surface area contributed by atoms with E-state index in [0.717, 1.165) is 25.3 Å². The highest BCUT2D eigenvalue weighted by molar-refractivity contribution is 5.94. The Morgan fingerprint density at radius 1 is 0.800 bits per heavy atom. The van der Waals surface area contributed by atoms with E-state index >= 15 is 0 Å². The Bertz CT molecular complexity index is 948. The third-order valence-electron chi connectivity index (χ3n) is 5.02. The molecule has 3 aromatic carbocycles. The summed E-state index contributed by atoms with van der Waals surface area (Å²) in [6, 6.07) is 24.5. The lowest BCUT2D eigenvalue weighted by Crippen LogP contribution is -2.53. The molecule has 0 spiro atoms. The number of piperazine rings is 1. The number of fused-ring (bicyclic) bond motifs is 1. The van der Waals surface area contributed by atoms with Crippen LogP contribution in [0.4, 0.5) is 11.4 Å². The van der Waals surface area contributed by atoms with Crippen molar-refractivity contribution in [3.63, 3.8) is 0 Å². The van der Waals surface area contributed by atoms with Gasteiger partial charge < -0.3 is 9.80 Å². The van der Waals surface area contributed by atoms with Crippen molar-refractivity contribution in [2.45, 2.75) is 13.0 Å². The fraction of sp³-hybridized carbons (Fsp3) is 0.227. The van der Waals surface area contributed by atoms with E-state index in [2.05, 4.69) is 59.2 Å². The maximum Gasteiger partial charge on any atom is 0.201 e. The zero-order valence-electron chi connectivity index (χ0n) is 14.4. The van der Waals surface area contributed by atoms with E-state index in [1.165, 1.54) is 16.5 Å². The quantitative estimate of drug-likeness (QED) is 0.712. The lowest BCUT2D eigenvalue weighted by Gasteiger charge is -2.42. The molecule has 0 amide bonds. The zero-order valence-corrected chi connectivity index (χ0v) is 14.4. The van der Waals surface area contributed by atoms with E-state index in [0.29, 0.717) is 0 Å². The largest absolute Gasteiger partial charge is 0.367 e. The predicted octanol–water partition coefficient (Wildman–Crippen LogP) is 3.92. The van der Waals surface area contributed by atoms with Gasteiger partial charge in [-0.05, 0) is 30.5 Å². The van der Waals surface area contributed by atoms with Crippen molar-refractivity contribution in [2.75, 3.05) is 29.4 Å². The van der Waals surface area contributed by atoms with Crippen LogP contribution in [0.2, 0.25) is 0 Å². The van der Waals surface area contributed by atoms with Crippen molar-refractivity contribution in [2.24, 2.45) is 0 Å². The maximum atomic E-state index is 12.3. The Labute approximate surface area is 148 Å². The van der Waals surface area contributed by atoms with Crippen LogP contribution in [-0.2, 0) is 0 Å². The lowest BCUT2D eigenvalue weighted by atomic mass is 10.1. The Morgan fingerprint density at radius 3 is 2.40 bits per heavy atom. The molecule has 1 heterocycles. The van der Waals surface area contributed by atoms with Crippen LogP contribution >= 0.6 is 0 Å². The number of benzene rings is 2. The maximum absolute atomic E-state index is 12.3. The van der Waals surface area contributed by atoms with Gasteiger partial charge in [-0.1, -0.05) is 54.6 Å². The fourth-order valence-corrected chi connectivity index (χ4v) is 3.78. The first-order chi connectivity index (χ1) is 12.2. The summed E-state index contributed by atoms with van der Waals surface area (Å²) in [5, 5.41) is 2.56. The molecule has 1 atom stereocenters. The summed E-state index contributed by atoms with van der Waals surface area (Å²) in [4.78, 5) is 17.0. The molecule has 0 aliphatic carbocycles. The molecule has 4 rings (SSSR count). The van der Waals surface area contributed by atoms with Gasteiger partial charge in [0.05, 0.1) is 5.69 Å². The van der Waals surface area contributed by atoms with Crippen LogP contribution in [0.15, 0.2) is 77.6 Å². The first-order valence-electron chi connectivity index (χ1n) is 8.83. The minimum atomic E-state index is 0.0930. The van der Waals surface area contributed by atoms with Gasteiger partial charge in [0.1, 0.15) is 0 Å². The van der Waals surface area contributed by atoms with E-state index in [4.69, 9.17) is 0 Å². The van der Waals surface area contributed by atoms with Crippen molar-refractivity contribution in [1.82, 2.24) is 0 Å². The summed E-state index contributed by atoms with van der Waals surface area (Å²) in [5.74, 6) is 0. The van der Waals surface area contributed by atoms with Crippen LogP contribution in [0, 0.1) is 0 Å². The van der Waals surface area contributed by atoms with Crippen molar-refractivity contribution < 1.29 is 0 Å². The fourth-order valence-electron chi connectivity index (χ4n) is 3.78. The second-order valence-corrected chi connectivity index (χ2v) is 6.65. The molecule has 1 fully saturated rings. The summed E-state index contributed by atoms with van der Waals surface area (Å²) in [6.07, 6.45) is 0. The van der Waals surface area contributed by atoms with Gasteiger partial charge in [0.25, 0.3) is 0 Å². The van der Waals surface area contributed by atoms with E-state index in [1.54, 1.807) is 6.07 Å². The molecule has 1 aliphatic rings. The number of anilines is 2. The highest BCUT2D eigenvalue weighted by atomic mass is 16.1. The van der Waals surface area contributed by atoms with Gasteiger partial charge in [-0.3, -0.25) is 4.79 Å². The molecule has 25 heavy (non-hydrogen) atoms. The summed E-state index contributed by atoms with van der Waals surface area (Å²) in [6.45, 7) is 4.87. The molecule has 1 unspecified atom stereocenters. The van der Waals surface area contributed by atoms with E-state index in [-0.39, 0.29) is 11.5 Å². The Hall–Kier alpha value is -2.81. The molecule has 1 saturated heterocycles. The standard InChI is InChI=1S/C22H22N2O/c1-17-16-23(20-12-7-9-18-8-5-6-10-19(18)20)14-15-24(17)21-11-3-2-4-13-22(21)25/h2-13,17H,14-16H2,1H3. The lowest BCUT2D eigenvalue weighted by molar-refractivity contribution is 0.551. The van der Waals surface area contributed by atoms with Crippen LogP contribution < -0.4 is 15.2 Å². The number of hydrogen-bond acceptors (Lipinski definition) is 3. The van der Waals surface area contributed by atoms with Crippen molar-refractivity contribution in [1.29, 1.82) is 0 Å². The number of nitrogens with zero attached hydrogens (tertiary/aromatic N) is 2. The van der Waals surface area contributed by atoms with Crippen molar-refractivity contribution in [3.05, 3.63) is 83.0 Å². The molecular weight excluding hydrogens is 308 g/mol. The van der Waals surface area contributed by atoms with Crippen LogP contribution in [0.3, 0.4) is 0 Å². The first-order valence-corrected chi connectivity index (χ1v) is 8.83. The van der Waals surface area contributed by atoms with Gasteiger partial charge in [0.2, 0.25) is 5.43 Å². The minimum absolute atomic E-state index is 0.0930. The Kier molecular flexibility index (Phi) is 4.14. The molecule has 0 aromatic heterocycles. The van der Waals surface area contributed by atoms with E-state index < -0.39 is 0 Å². The average molecular weight is 330 g/mol. The molecular formula is C22H22N2O. The first kappa shape index (κ1) is 15.7. The van der Waals surface area contributed by atoms with Crippen molar-refractivity contribution in [3.8, 4) is 0 Å². The molecule has 126 valence electrons. The molecule has 3 heteroatoms. The number of rotatable bonds is 2. The predicted molar refractivity (Wildman–Crippen MR) is 106 cm³/mol. The van der Waals surface area contributed by atoms with Crippen LogP contribution in [0.1, 0.15) is 6.92 Å². The highest BCUT2D eigenvalue weighted by Gasteiger charge is 2.25. The van der Waals surface area contributed by atoms with E-state index in [1.807, 2.05) is 24.3 Å². The summed E-state index contributed by atoms with van der Waals surface area (Å²) < 4.78 is 0. The van der Waals surface area contributed by atoms with Crippen molar-refractivity contribution >= 4 is 22.1 Å². The second-order valence-electron chi connectivity index (χ2n) is 6.65. The van der Waals surface area contributed by atoms with Gasteiger partial charge in [-0.25, -0.2) is 0 Å². The molecule has 0 radical (unpaired) electrons. The van der Waals surface area contributed by atoms with Gasteiger partial charge in [0.15, 0.2) is 0 Å². The van der Waals surface area contributed by atoms with Gasteiger partial charge in [0, 0.05) is 36.7 Å². The van der Waals surface area contributed by atoms with Crippen LogP contribution in [0.25, 0.3) is 10.8 Å². The minimum Gasteiger partial charge on any atom is -0.367 e.